The number of anilines is 2. The van der Waals surface area contributed by atoms with Crippen molar-refractivity contribution in [2.75, 3.05) is 24.2 Å². The molecule has 0 aliphatic carbocycles. The Morgan fingerprint density at radius 3 is 2.27 bits per heavy atom. The molecular formula is C31H33N5O8. The van der Waals surface area contributed by atoms with Crippen molar-refractivity contribution in [3.8, 4) is 5.75 Å². The molecule has 0 saturated heterocycles. The zero-order chi connectivity index (χ0) is 31.8. The van der Waals surface area contributed by atoms with Crippen LogP contribution in [0, 0.1) is 10.1 Å². The summed E-state index contributed by atoms with van der Waals surface area (Å²) in [4.78, 5) is 48.9. The lowest BCUT2D eigenvalue weighted by molar-refractivity contribution is -0.403. The van der Waals surface area contributed by atoms with Gasteiger partial charge in [0.25, 0.3) is 6.20 Å². The molecule has 3 aromatic rings. The normalized spacial score (nSPS) is 15.5. The molecule has 0 radical (unpaired) electrons. The quantitative estimate of drug-likeness (QED) is 0.0953. The molecule has 0 spiro atoms. The Bertz CT molecular complexity index is 1560. The van der Waals surface area contributed by atoms with E-state index in [4.69, 9.17) is 5.11 Å². The SMILES string of the molecule is CN1CCc2cc(NC(=C[N+](=O)[O-])Nc3ccc(O)cc3)ccc2C1C(=O)NC(Cc1ccc(CCC(=O)O)cc1)C(=O)O. The van der Waals surface area contributed by atoms with Crippen LogP contribution in [0.4, 0.5) is 11.4 Å². The standard InChI is InChI=1S/C31H33N5O8/c1-35-15-14-21-17-23(33-27(18-36(43)44)32-22-7-10-24(37)11-8-22)9-12-25(21)29(35)30(40)34-26(31(41)42)16-20-4-2-19(3-5-20)6-13-28(38)39/h2-5,7-12,17-18,26,29,32-33,37H,6,13-16H2,1H3,(H,34,40)(H,38,39)(H,41,42). The van der Waals surface area contributed by atoms with Gasteiger partial charge in [0.1, 0.15) is 17.8 Å². The highest BCUT2D eigenvalue weighted by Gasteiger charge is 2.33. The zero-order valence-electron chi connectivity index (χ0n) is 23.9. The molecule has 1 aliphatic heterocycles. The summed E-state index contributed by atoms with van der Waals surface area (Å²) >= 11 is 0. The van der Waals surface area contributed by atoms with Crippen LogP contribution in [0.5, 0.6) is 5.75 Å². The van der Waals surface area contributed by atoms with Gasteiger partial charge in [0.2, 0.25) is 5.91 Å². The molecule has 0 bridgehead atoms. The number of carbonyl (C=O) groups is 3. The number of likely N-dealkylation sites (N-methyl/N-ethyl adjacent to an activating group) is 1. The largest absolute Gasteiger partial charge is 0.508 e. The van der Waals surface area contributed by atoms with Crippen molar-refractivity contribution < 1.29 is 34.6 Å². The van der Waals surface area contributed by atoms with E-state index in [0.717, 1.165) is 17.3 Å². The van der Waals surface area contributed by atoms with Gasteiger partial charge in [0.05, 0.1) is 4.92 Å². The van der Waals surface area contributed by atoms with Gasteiger partial charge in [-0.05, 0) is 78.5 Å². The Labute approximate surface area is 253 Å². The first-order valence-electron chi connectivity index (χ1n) is 13.8. The van der Waals surface area contributed by atoms with Crippen LogP contribution in [0.2, 0.25) is 0 Å². The lowest BCUT2D eigenvalue weighted by Gasteiger charge is -2.34. The van der Waals surface area contributed by atoms with E-state index in [1.54, 1.807) is 61.6 Å². The summed E-state index contributed by atoms with van der Waals surface area (Å²) in [5.74, 6) is -2.41. The summed E-state index contributed by atoms with van der Waals surface area (Å²) in [5, 5.41) is 48.1. The number of phenolic OH excluding ortho intramolecular Hbond substituents is 1. The lowest BCUT2D eigenvalue weighted by Crippen LogP contribution is -2.49. The zero-order valence-corrected chi connectivity index (χ0v) is 23.9. The summed E-state index contributed by atoms with van der Waals surface area (Å²) in [7, 11) is 1.78. The maximum Gasteiger partial charge on any atom is 0.326 e. The molecule has 2 atom stereocenters. The first-order valence-corrected chi connectivity index (χ1v) is 13.8. The molecule has 3 aromatic carbocycles. The van der Waals surface area contributed by atoms with Gasteiger partial charge in [-0.25, -0.2) is 4.79 Å². The Morgan fingerprint density at radius 2 is 1.64 bits per heavy atom. The van der Waals surface area contributed by atoms with E-state index < -0.39 is 34.9 Å². The van der Waals surface area contributed by atoms with Crippen molar-refractivity contribution in [2.24, 2.45) is 0 Å². The Kier molecular flexibility index (Phi) is 10.1. The van der Waals surface area contributed by atoms with Crippen LogP contribution < -0.4 is 16.0 Å². The Balaban J connectivity index is 1.47. The molecule has 1 amide bonds. The second-order valence-corrected chi connectivity index (χ2v) is 10.5. The van der Waals surface area contributed by atoms with Crippen LogP contribution in [0.15, 0.2) is 78.8 Å². The summed E-state index contributed by atoms with van der Waals surface area (Å²) in [6.07, 6.45) is 1.79. The molecule has 2 unspecified atom stereocenters. The number of carbonyl (C=O) groups excluding carboxylic acids is 1. The second-order valence-electron chi connectivity index (χ2n) is 10.5. The topological polar surface area (TPSA) is 194 Å². The van der Waals surface area contributed by atoms with Gasteiger partial charge < -0.3 is 31.3 Å². The van der Waals surface area contributed by atoms with E-state index in [0.29, 0.717) is 41.9 Å². The fourth-order valence-corrected chi connectivity index (χ4v) is 5.01. The van der Waals surface area contributed by atoms with Crippen molar-refractivity contribution in [2.45, 2.75) is 37.8 Å². The number of rotatable bonds is 13. The average molecular weight is 604 g/mol. The molecule has 13 nitrogen and oxygen atoms in total. The minimum Gasteiger partial charge on any atom is -0.508 e. The molecule has 0 aromatic heterocycles. The number of benzene rings is 3. The second kappa shape index (κ2) is 14.2. The van der Waals surface area contributed by atoms with E-state index in [9.17, 15) is 34.7 Å². The van der Waals surface area contributed by atoms with Crippen molar-refractivity contribution in [1.29, 1.82) is 0 Å². The summed E-state index contributed by atoms with van der Waals surface area (Å²) in [6, 6.07) is 16.3. The molecule has 6 N–H and O–H groups in total. The fourth-order valence-electron chi connectivity index (χ4n) is 5.01. The van der Waals surface area contributed by atoms with E-state index in [1.807, 2.05) is 4.90 Å². The highest BCUT2D eigenvalue weighted by Crippen LogP contribution is 2.31. The molecule has 13 heteroatoms. The smallest absolute Gasteiger partial charge is 0.326 e. The van der Waals surface area contributed by atoms with Crippen molar-refractivity contribution in [3.05, 3.63) is 111 Å². The minimum absolute atomic E-state index is 0.00542. The fraction of sp³-hybridized carbons (Fsp3) is 0.258. The van der Waals surface area contributed by atoms with E-state index in [-0.39, 0.29) is 24.4 Å². The van der Waals surface area contributed by atoms with Gasteiger partial charge in [0, 0.05) is 30.8 Å². The van der Waals surface area contributed by atoms with E-state index in [2.05, 4.69) is 16.0 Å². The number of amides is 1. The van der Waals surface area contributed by atoms with Crippen molar-refractivity contribution in [1.82, 2.24) is 10.2 Å². The number of aromatic hydroxyl groups is 1. The molecule has 0 saturated carbocycles. The number of nitro groups is 1. The first-order chi connectivity index (χ1) is 21.0. The lowest BCUT2D eigenvalue weighted by atomic mass is 9.91. The number of nitrogens with zero attached hydrogens (tertiary/aromatic N) is 2. The van der Waals surface area contributed by atoms with Crippen LogP contribution in [-0.2, 0) is 33.6 Å². The minimum atomic E-state index is -1.19. The Hall–Kier alpha value is -5.43. The van der Waals surface area contributed by atoms with Gasteiger partial charge in [-0.15, -0.1) is 0 Å². The summed E-state index contributed by atoms with van der Waals surface area (Å²) in [5.41, 5.74) is 4.09. The van der Waals surface area contributed by atoms with E-state index in [1.165, 1.54) is 12.1 Å². The molecular weight excluding hydrogens is 570 g/mol. The van der Waals surface area contributed by atoms with Gasteiger partial charge >= 0.3 is 11.9 Å². The number of aryl methyl sites for hydroxylation is 1. The number of carboxylic acid groups (broad SMARTS) is 2. The number of phenols is 1. The van der Waals surface area contributed by atoms with Crippen LogP contribution in [0.1, 0.15) is 34.7 Å². The molecule has 4 rings (SSSR count). The summed E-state index contributed by atoms with van der Waals surface area (Å²) in [6.45, 7) is 0.521. The van der Waals surface area contributed by atoms with Crippen LogP contribution in [0.3, 0.4) is 0 Å². The number of aliphatic carboxylic acids is 2. The predicted molar refractivity (Wildman–Crippen MR) is 162 cm³/mol. The third-order valence-electron chi connectivity index (χ3n) is 7.23. The molecule has 0 fully saturated rings. The highest BCUT2D eigenvalue weighted by molar-refractivity contribution is 5.88. The predicted octanol–water partition coefficient (Wildman–Crippen LogP) is 3.35. The maximum absolute atomic E-state index is 13.5. The highest BCUT2D eigenvalue weighted by atomic mass is 16.6. The number of nitrogens with one attached hydrogen (secondary N) is 3. The first kappa shape index (κ1) is 31.5. The number of fused-ring (bicyclic) bond motifs is 1. The van der Waals surface area contributed by atoms with Crippen LogP contribution in [-0.4, -0.2) is 62.6 Å². The monoisotopic (exact) mass is 603 g/mol. The number of hydrogen-bond donors (Lipinski definition) is 6. The molecule has 1 heterocycles. The van der Waals surface area contributed by atoms with Crippen LogP contribution >= 0.6 is 0 Å². The van der Waals surface area contributed by atoms with Gasteiger partial charge in [-0.3, -0.25) is 24.6 Å². The summed E-state index contributed by atoms with van der Waals surface area (Å²) < 4.78 is 0. The number of carboxylic acids is 2. The van der Waals surface area contributed by atoms with Crippen molar-refractivity contribution >= 4 is 29.2 Å². The van der Waals surface area contributed by atoms with Gasteiger partial charge in [-0.2, -0.15) is 0 Å². The van der Waals surface area contributed by atoms with Gasteiger partial charge in [0.15, 0.2) is 5.82 Å². The third-order valence-corrected chi connectivity index (χ3v) is 7.23. The van der Waals surface area contributed by atoms with Crippen LogP contribution in [0.25, 0.3) is 0 Å². The number of hydrogen-bond acceptors (Lipinski definition) is 9. The maximum atomic E-state index is 13.5. The third kappa shape index (κ3) is 8.55. The van der Waals surface area contributed by atoms with E-state index >= 15 is 0 Å². The molecule has 1 aliphatic rings. The van der Waals surface area contributed by atoms with Crippen molar-refractivity contribution in [3.63, 3.8) is 0 Å². The van der Waals surface area contributed by atoms with Gasteiger partial charge in [-0.1, -0.05) is 30.3 Å². The average Bonchev–Trinajstić information content (AvgIpc) is 2.97. The molecule has 44 heavy (non-hydrogen) atoms. The molecule has 230 valence electrons. The Morgan fingerprint density at radius 1 is 1.00 bits per heavy atom.